The molecule has 30 heavy (non-hydrogen) atoms. The van der Waals surface area contributed by atoms with Gasteiger partial charge in [-0.15, -0.1) is 0 Å². The lowest BCUT2D eigenvalue weighted by molar-refractivity contribution is -0.124. The lowest BCUT2D eigenvalue weighted by Gasteiger charge is -2.20. The first-order chi connectivity index (χ1) is 14.4. The summed E-state index contributed by atoms with van der Waals surface area (Å²) in [5, 5.41) is 10.2. The Bertz CT molecular complexity index is 983. The lowest BCUT2D eigenvalue weighted by atomic mass is 10.0. The van der Waals surface area contributed by atoms with Gasteiger partial charge in [0.25, 0.3) is 0 Å². The molecule has 0 saturated carbocycles. The van der Waals surface area contributed by atoms with E-state index in [4.69, 9.17) is 10.8 Å². The number of amides is 3. The number of rotatable bonds is 8. The van der Waals surface area contributed by atoms with Crippen molar-refractivity contribution >= 4 is 11.9 Å². The van der Waals surface area contributed by atoms with Crippen LogP contribution in [-0.2, 0) is 17.9 Å². The van der Waals surface area contributed by atoms with Gasteiger partial charge >= 0.3 is 6.03 Å². The summed E-state index contributed by atoms with van der Waals surface area (Å²) < 4.78 is 1.88. The molecule has 0 saturated heterocycles. The fraction of sp³-hybridized carbons (Fsp3) is 0.261. The highest BCUT2D eigenvalue weighted by Gasteiger charge is 2.23. The zero-order valence-corrected chi connectivity index (χ0v) is 17.2. The number of carbonyl (C=O) groups is 2. The second-order valence-electron chi connectivity index (χ2n) is 7.50. The molecular weight excluding hydrogens is 378 g/mol. The van der Waals surface area contributed by atoms with Crippen molar-refractivity contribution in [3.8, 4) is 11.3 Å². The zero-order chi connectivity index (χ0) is 21.5. The van der Waals surface area contributed by atoms with Crippen LogP contribution in [-0.4, -0.2) is 27.8 Å². The molecule has 4 N–H and O–H groups in total. The SMILES string of the molecule is CC(C)[C@H](NC(N)=O)C(=O)NCc1cn(Cc2ccccc2)nc1-c1ccccc1. The normalized spacial score (nSPS) is 11.8. The first kappa shape index (κ1) is 21.1. The molecule has 0 bridgehead atoms. The Morgan fingerprint density at radius 3 is 2.27 bits per heavy atom. The average Bonchev–Trinajstić information content (AvgIpc) is 3.14. The number of carbonyl (C=O) groups excluding carboxylic acids is 2. The summed E-state index contributed by atoms with van der Waals surface area (Å²) >= 11 is 0. The van der Waals surface area contributed by atoms with E-state index >= 15 is 0 Å². The second kappa shape index (κ2) is 9.73. The smallest absolute Gasteiger partial charge is 0.312 e. The van der Waals surface area contributed by atoms with Gasteiger partial charge in [0.15, 0.2) is 0 Å². The Hall–Kier alpha value is -3.61. The highest BCUT2D eigenvalue weighted by molar-refractivity contribution is 5.86. The number of hydrogen-bond donors (Lipinski definition) is 3. The third kappa shape index (κ3) is 5.47. The van der Waals surface area contributed by atoms with Crippen LogP contribution in [0.5, 0.6) is 0 Å². The third-order valence-corrected chi connectivity index (χ3v) is 4.77. The van der Waals surface area contributed by atoms with E-state index in [9.17, 15) is 9.59 Å². The van der Waals surface area contributed by atoms with Gasteiger partial charge < -0.3 is 16.4 Å². The summed E-state index contributed by atoms with van der Waals surface area (Å²) in [6.45, 7) is 4.63. The molecule has 0 fully saturated rings. The van der Waals surface area contributed by atoms with Crippen LogP contribution in [0.1, 0.15) is 25.0 Å². The van der Waals surface area contributed by atoms with Gasteiger partial charge in [-0.3, -0.25) is 9.48 Å². The van der Waals surface area contributed by atoms with E-state index in [1.807, 2.05) is 85.4 Å². The van der Waals surface area contributed by atoms with Crippen molar-refractivity contribution in [3.05, 3.63) is 78.0 Å². The van der Waals surface area contributed by atoms with Crippen LogP contribution < -0.4 is 16.4 Å². The van der Waals surface area contributed by atoms with E-state index in [1.54, 1.807) is 0 Å². The molecule has 7 nitrogen and oxygen atoms in total. The molecule has 0 aliphatic rings. The molecule has 3 amide bonds. The minimum absolute atomic E-state index is 0.0908. The highest BCUT2D eigenvalue weighted by Crippen LogP contribution is 2.22. The first-order valence-corrected chi connectivity index (χ1v) is 9.93. The fourth-order valence-corrected chi connectivity index (χ4v) is 3.26. The number of primary amides is 1. The molecule has 0 aliphatic carbocycles. The summed E-state index contributed by atoms with van der Waals surface area (Å²) in [6.07, 6.45) is 1.95. The molecule has 0 aliphatic heterocycles. The number of aromatic nitrogens is 2. The summed E-state index contributed by atoms with van der Waals surface area (Å²) in [4.78, 5) is 23.9. The van der Waals surface area contributed by atoms with Crippen molar-refractivity contribution in [1.82, 2.24) is 20.4 Å². The summed E-state index contributed by atoms with van der Waals surface area (Å²) in [5.41, 5.74) is 9.04. The Morgan fingerprint density at radius 1 is 1.03 bits per heavy atom. The maximum absolute atomic E-state index is 12.6. The predicted octanol–water partition coefficient (Wildman–Crippen LogP) is 2.91. The molecule has 0 spiro atoms. The molecule has 3 aromatic rings. The summed E-state index contributed by atoms with van der Waals surface area (Å²) in [6, 6.07) is 18.5. The minimum atomic E-state index is -0.718. The van der Waals surface area contributed by atoms with Gasteiger partial charge in [0.1, 0.15) is 6.04 Å². The van der Waals surface area contributed by atoms with Crippen LogP contribution in [0.15, 0.2) is 66.9 Å². The van der Waals surface area contributed by atoms with E-state index in [0.29, 0.717) is 13.1 Å². The zero-order valence-electron chi connectivity index (χ0n) is 17.2. The number of nitrogens with two attached hydrogens (primary N) is 1. The monoisotopic (exact) mass is 405 g/mol. The van der Waals surface area contributed by atoms with E-state index in [2.05, 4.69) is 10.6 Å². The lowest BCUT2D eigenvalue weighted by Crippen LogP contribution is -2.51. The van der Waals surface area contributed by atoms with Gasteiger partial charge in [-0.1, -0.05) is 74.5 Å². The largest absolute Gasteiger partial charge is 0.352 e. The molecule has 2 aromatic carbocycles. The first-order valence-electron chi connectivity index (χ1n) is 9.93. The van der Waals surface area contributed by atoms with Crippen molar-refractivity contribution in [2.75, 3.05) is 0 Å². The molecule has 1 aromatic heterocycles. The number of hydrogen-bond acceptors (Lipinski definition) is 3. The summed E-state index contributed by atoms with van der Waals surface area (Å²) in [5.74, 6) is -0.370. The average molecular weight is 406 g/mol. The molecular formula is C23H27N5O2. The molecule has 1 atom stereocenters. The standard InChI is InChI=1S/C23H27N5O2/c1-16(2)20(26-23(24)30)22(29)25-13-19-15-28(14-17-9-5-3-6-10-17)27-21(19)18-11-7-4-8-12-18/h3-12,15-16,20H,13-14H2,1-2H3,(H,25,29)(H3,24,26,30)/t20-/m0/s1. The van der Waals surface area contributed by atoms with Gasteiger partial charge in [0.05, 0.1) is 12.2 Å². The Kier molecular flexibility index (Phi) is 6.85. The number of nitrogens with one attached hydrogen (secondary N) is 2. The van der Waals surface area contributed by atoms with Crippen LogP contribution in [0.4, 0.5) is 4.79 Å². The number of nitrogens with zero attached hydrogens (tertiary/aromatic N) is 2. The quantitative estimate of drug-likeness (QED) is 0.537. The van der Waals surface area contributed by atoms with Crippen molar-refractivity contribution in [2.24, 2.45) is 11.7 Å². The second-order valence-corrected chi connectivity index (χ2v) is 7.50. The van der Waals surface area contributed by atoms with Gasteiger partial charge in [0, 0.05) is 23.9 Å². The van der Waals surface area contributed by atoms with Gasteiger partial charge in [-0.05, 0) is 11.5 Å². The Labute approximate surface area is 176 Å². The van der Waals surface area contributed by atoms with Crippen LogP contribution in [0.3, 0.4) is 0 Å². The maximum atomic E-state index is 12.6. The predicted molar refractivity (Wildman–Crippen MR) is 116 cm³/mol. The van der Waals surface area contributed by atoms with E-state index < -0.39 is 12.1 Å². The fourth-order valence-electron chi connectivity index (χ4n) is 3.26. The van der Waals surface area contributed by atoms with Gasteiger partial charge in [-0.2, -0.15) is 5.10 Å². The molecule has 0 radical (unpaired) electrons. The molecule has 1 heterocycles. The van der Waals surface area contributed by atoms with E-state index in [1.165, 1.54) is 0 Å². The number of urea groups is 1. The van der Waals surface area contributed by atoms with Crippen LogP contribution in [0, 0.1) is 5.92 Å². The highest BCUT2D eigenvalue weighted by atomic mass is 16.2. The van der Waals surface area contributed by atoms with Gasteiger partial charge in [0.2, 0.25) is 5.91 Å². The van der Waals surface area contributed by atoms with E-state index in [0.717, 1.165) is 22.4 Å². The van der Waals surface area contributed by atoms with Crippen LogP contribution >= 0.6 is 0 Å². The Balaban J connectivity index is 1.81. The molecule has 0 unspecified atom stereocenters. The Morgan fingerprint density at radius 2 is 1.67 bits per heavy atom. The number of benzene rings is 2. The maximum Gasteiger partial charge on any atom is 0.312 e. The van der Waals surface area contributed by atoms with Crippen molar-refractivity contribution in [1.29, 1.82) is 0 Å². The van der Waals surface area contributed by atoms with Crippen molar-refractivity contribution < 1.29 is 9.59 Å². The minimum Gasteiger partial charge on any atom is -0.352 e. The molecule has 3 rings (SSSR count). The topological polar surface area (TPSA) is 102 Å². The van der Waals surface area contributed by atoms with Gasteiger partial charge in [-0.25, -0.2) is 4.79 Å². The van der Waals surface area contributed by atoms with Crippen LogP contribution in [0.25, 0.3) is 11.3 Å². The molecule has 7 heteroatoms. The van der Waals surface area contributed by atoms with E-state index in [-0.39, 0.29) is 11.8 Å². The summed E-state index contributed by atoms with van der Waals surface area (Å²) in [7, 11) is 0. The third-order valence-electron chi connectivity index (χ3n) is 4.77. The van der Waals surface area contributed by atoms with Crippen molar-refractivity contribution in [3.63, 3.8) is 0 Å². The van der Waals surface area contributed by atoms with Crippen molar-refractivity contribution in [2.45, 2.75) is 33.0 Å². The van der Waals surface area contributed by atoms with Crippen LogP contribution in [0.2, 0.25) is 0 Å². The molecule has 156 valence electrons.